The SMILES string of the molecule is C=CCCC(=C)C1=CC2=CC=C(c3c4ccccc4c(-c4ccc5oc6c7cc8sc9ccccc9c8cc7ccc6c5c4)c4ccccc34)CC2C=C1. The van der Waals surface area contributed by atoms with Crippen LogP contribution in [0.4, 0.5) is 0 Å². The first-order chi connectivity index (χ1) is 26.6. The molecule has 0 bridgehead atoms. The molecule has 0 aliphatic heterocycles. The number of hydrogen-bond donors (Lipinski definition) is 0. The van der Waals surface area contributed by atoms with Gasteiger partial charge in [-0.15, -0.1) is 17.9 Å². The molecule has 0 spiro atoms. The molecule has 0 saturated heterocycles. The Morgan fingerprint density at radius 1 is 0.685 bits per heavy atom. The molecule has 1 atom stereocenters. The van der Waals surface area contributed by atoms with Crippen molar-refractivity contribution in [1.29, 1.82) is 0 Å². The van der Waals surface area contributed by atoms with Gasteiger partial charge < -0.3 is 4.42 Å². The fourth-order valence-corrected chi connectivity index (χ4v) is 10.2. The summed E-state index contributed by atoms with van der Waals surface area (Å²) < 4.78 is 9.32. The van der Waals surface area contributed by atoms with Crippen LogP contribution in [0.15, 0.2) is 186 Å². The third-order valence-corrected chi connectivity index (χ3v) is 12.9. The van der Waals surface area contributed by atoms with Gasteiger partial charge in [-0.25, -0.2) is 0 Å². The molecular weight excluding hydrogens is 673 g/mol. The average Bonchev–Trinajstić information content (AvgIpc) is 3.78. The van der Waals surface area contributed by atoms with Crippen LogP contribution in [0.3, 0.4) is 0 Å². The minimum absolute atomic E-state index is 0.348. The van der Waals surface area contributed by atoms with Crippen LogP contribution >= 0.6 is 11.3 Å². The fourth-order valence-electron chi connectivity index (χ4n) is 9.07. The van der Waals surface area contributed by atoms with Crippen molar-refractivity contribution in [3.63, 3.8) is 0 Å². The minimum Gasteiger partial charge on any atom is -0.455 e. The molecule has 2 aliphatic carbocycles. The Hall–Kier alpha value is -6.22. The lowest BCUT2D eigenvalue weighted by molar-refractivity contribution is 0.673. The topological polar surface area (TPSA) is 13.1 Å². The van der Waals surface area contributed by atoms with E-state index in [4.69, 9.17) is 4.42 Å². The first kappa shape index (κ1) is 31.3. The number of benzene rings is 7. The van der Waals surface area contributed by atoms with Crippen LogP contribution in [0, 0.1) is 5.92 Å². The zero-order valence-electron chi connectivity index (χ0n) is 29.9. The van der Waals surface area contributed by atoms with Gasteiger partial charge in [0.05, 0.1) is 0 Å². The highest BCUT2D eigenvalue weighted by Gasteiger charge is 2.24. The summed E-state index contributed by atoms with van der Waals surface area (Å²) in [4.78, 5) is 0. The molecule has 0 N–H and O–H groups in total. The van der Waals surface area contributed by atoms with E-state index in [9.17, 15) is 0 Å². The molecule has 1 nitrogen and oxygen atoms in total. The summed E-state index contributed by atoms with van der Waals surface area (Å²) in [5.74, 6) is 0.348. The Labute approximate surface area is 317 Å². The zero-order valence-corrected chi connectivity index (χ0v) is 30.7. The van der Waals surface area contributed by atoms with Crippen LogP contribution in [0.1, 0.15) is 24.8 Å². The third kappa shape index (κ3) is 4.77. The maximum Gasteiger partial charge on any atom is 0.143 e. The first-order valence-electron chi connectivity index (χ1n) is 18.9. The average molecular weight is 709 g/mol. The second-order valence-corrected chi connectivity index (χ2v) is 15.9. The van der Waals surface area contributed by atoms with Gasteiger partial charge in [0.2, 0.25) is 0 Å². The van der Waals surface area contributed by atoms with E-state index >= 15 is 0 Å². The van der Waals surface area contributed by atoms with Crippen molar-refractivity contribution in [3.8, 4) is 11.1 Å². The lowest BCUT2D eigenvalue weighted by atomic mass is 9.77. The van der Waals surface area contributed by atoms with Crippen molar-refractivity contribution < 1.29 is 4.42 Å². The Bertz CT molecular complexity index is 3170. The van der Waals surface area contributed by atoms with Gasteiger partial charge in [-0.3, -0.25) is 0 Å². The van der Waals surface area contributed by atoms with Gasteiger partial charge in [0.1, 0.15) is 11.2 Å². The van der Waals surface area contributed by atoms with Gasteiger partial charge in [0.15, 0.2) is 0 Å². The monoisotopic (exact) mass is 708 g/mol. The van der Waals surface area contributed by atoms with E-state index in [-0.39, 0.29) is 0 Å². The van der Waals surface area contributed by atoms with E-state index in [1.165, 1.54) is 91.5 Å². The maximum absolute atomic E-state index is 6.71. The zero-order chi connectivity index (χ0) is 35.9. The highest BCUT2D eigenvalue weighted by Crippen LogP contribution is 2.47. The number of hydrogen-bond acceptors (Lipinski definition) is 2. The second-order valence-electron chi connectivity index (χ2n) is 14.8. The maximum atomic E-state index is 6.71. The molecule has 2 heteroatoms. The Morgan fingerprint density at radius 3 is 2.20 bits per heavy atom. The van der Waals surface area contributed by atoms with Crippen molar-refractivity contribution in [1.82, 2.24) is 0 Å². The fraction of sp³-hybridized carbons (Fsp3) is 0.0769. The lowest BCUT2D eigenvalue weighted by Crippen LogP contribution is -2.09. The number of thiophene rings is 1. The van der Waals surface area contributed by atoms with Gasteiger partial charge in [0.25, 0.3) is 0 Å². The number of fused-ring (bicyclic) bond motifs is 11. The predicted molar refractivity (Wildman–Crippen MR) is 235 cm³/mol. The van der Waals surface area contributed by atoms with Crippen LogP contribution in [0.2, 0.25) is 0 Å². The Balaban J connectivity index is 1.07. The van der Waals surface area contributed by atoms with Crippen molar-refractivity contribution >= 4 is 91.3 Å². The molecule has 0 fully saturated rings. The molecule has 2 aromatic heterocycles. The number of furan rings is 1. The van der Waals surface area contributed by atoms with Gasteiger partial charge >= 0.3 is 0 Å². The highest BCUT2D eigenvalue weighted by atomic mass is 32.1. The summed E-state index contributed by atoms with van der Waals surface area (Å²) in [6.45, 7) is 8.25. The van der Waals surface area contributed by atoms with E-state index in [0.29, 0.717) is 5.92 Å². The molecule has 0 saturated carbocycles. The smallest absolute Gasteiger partial charge is 0.143 e. The second kappa shape index (κ2) is 12.2. The quantitative estimate of drug-likeness (QED) is 0.124. The molecule has 11 rings (SSSR count). The summed E-state index contributed by atoms with van der Waals surface area (Å²) in [7, 11) is 0. The van der Waals surface area contributed by atoms with Gasteiger partial charge in [-0.2, -0.15) is 0 Å². The van der Waals surface area contributed by atoms with E-state index < -0.39 is 0 Å². The molecule has 7 aromatic carbocycles. The van der Waals surface area contributed by atoms with E-state index in [0.717, 1.165) is 41.2 Å². The van der Waals surface area contributed by atoms with Crippen LogP contribution in [0.25, 0.3) is 91.1 Å². The van der Waals surface area contributed by atoms with Gasteiger partial charge in [-0.05, 0) is 122 Å². The molecule has 0 amide bonds. The molecule has 256 valence electrons. The Kier molecular flexibility index (Phi) is 7.05. The molecular formula is C52H36OS. The largest absolute Gasteiger partial charge is 0.455 e. The van der Waals surface area contributed by atoms with E-state index in [1.54, 1.807) is 0 Å². The molecule has 2 heterocycles. The van der Waals surface area contributed by atoms with Crippen LogP contribution in [-0.2, 0) is 0 Å². The number of allylic oxidation sites excluding steroid dienone is 10. The summed E-state index contributed by atoms with van der Waals surface area (Å²) in [6.07, 6.45) is 16.5. The van der Waals surface area contributed by atoms with Crippen molar-refractivity contribution in [3.05, 3.63) is 187 Å². The molecule has 1 unspecified atom stereocenters. The first-order valence-corrected chi connectivity index (χ1v) is 19.7. The van der Waals surface area contributed by atoms with Crippen LogP contribution in [0.5, 0.6) is 0 Å². The van der Waals surface area contributed by atoms with E-state index in [2.05, 4.69) is 159 Å². The molecule has 9 aromatic rings. The standard InChI is InChI=1S/C52H36OS/c1-3-4-11-31(2)32-18-19-34-27-36(21-20-33(34)26-32)50-39-13-5-7-15-41(39)51(42-16-8-6-14-40(42)50)37-23-25-47-45(29-37)43-24-22-35-28-46-38-12-9-10-17-48(38)54-49(46)30-44(35)52(43)53-47/h3,5-10,12-26,28-30,34H,1-2,4,11,27H2. The van der Waals surface area contributed by atoms with Crippen molar-refractivity contribution in [2.45, 2.75) is 19.3 Å². The normalized spacial score (nSPS) is 15.7. The molecule has 2 aliphatic rings. The summed E-state index contributed by atoms with van der Waals surface area (Å²) in [5, 5.41) is 12.4. The Morgan fingerprint density at radius 2 is 1.43 bits per heavy atom. The third-order valence-electron chi connectivity index (χ3n) is 11.7. The van der Waals surface area contributed by atoms with Crippen molar-refractivity contribution in [2.24, 2.45) is 5.92 Å². The summed E-state index contributed by atoms with van der Waals surface area (Å²) >= 11 is 1.85. The van der Waals surface area contributed by atoms with Crippen LogP contribution < -0.4 is 0 Å². The summed E-state index contributed by atoms with van der Waals surface area (Å²) in [5.41, 5.74) is 10.8. The number of rotatable bonds is 6. The highest BCUT2D eigenvalue weighted by molar-refractivity contribution is 7.25. The molecule has 54 heavy (non-hydrogen) atoms. The predicted octanol–water partition coefficient (Wildman–Crippen LogP) is 15.4. The minimum atomic E-state index is 0.348. The molecule has 0 radical (unpaired) electrons. The van der Waals surface area contributed by atoms with Crippen LogP contribution in [-0.4, -0.2) is 0 Å². The lowest BCUT2D eigenvalue weighted by Gasteiger charge is -2.27. The summed E-state index contributed by atoms with van der Waals surface area (Å²) in [6, 6.07) is 42.6. The van der Waals surface area contributed by atoms with Crippen molar-refractivity contribution in [2.75, 3.05) is 0 Å². The van der Waals surface area contributed by atoms with Gasteiger partial charge in [0, 0.05) is 42.2 Å². The van der Waals surface area contributed by atoms with E-state index in [1.807, 2.05) is 17.4 Å². The van der Waals surface area contributed by atoms with Gasteiger partial charge in [-0.1, -0.05) is 122 Å².